The molecular weight excluding hydrogens is 433 g/mol. The summed E-state index contributed by atoms with van der Waals surface area (Å²) >= 11 is 0. The fourth-order valence-electron chi connectivity index (χ4n) is 4.55. The lowest BCUT2D eigenvalue weighted by Gasteiger charge is -2.44. The SMILES string of the molecule is COc1ccc(C(c2ccccc2P(C(C)(C)C)C(C)(C)C)N(C)[S@](=O)C(C)(C)C)cc1. The van der Waals surface area contributed by atoms with Crippen molar-refractivity contribution in [3.05, 3.63) is 59.7 Å². The Balaban J connectivity index is 2.79. The standard InChI is InChI=1S/C27H42NO2PS/c1-25(2,3)31(26(4,5)6)23-15-13-12-14-22(23)24(28(10)32(29)27(7,8)9)20-16-18-21(30-11)19-17-20/h12-19,24H,1-11H3/t24?,32-/m1/s1. The topological polar surface area (TPSA) is 29.5 Å². The molecule has 178 valence electrons. The number of nitrogens with zero attached hydrogens (tertiary/aromatic N) is 1. The highest BCUT2D eigenvalue weighted by Gasteiger charge is 2.39. The van der Waals surface area contributed by atoms with Crippen molar-refractivity contribution in [2.45, 2.75) is 83.4 Å². The molecule has 1 unspecified atom stereocenters. The van der Waals surface area contributed by atoms with Gasteiger partial charge in [0.05, 0.1) is 17.9 Å². The maximum absolute atomic E-state index is 13.6. The molecule has 0 aliphatic rings. The van der Waals surface area contributed by atoms with Gasteiger partial charge in [0.1, 0.15) is 16.7 Å². The Kier molecular flexibility index (Phi) is 8.41. The van der Waals surface area contributed by atoms with E-state index in [1.165, 1.54) is 10.9 Å². The second kappa shape index (κ2) is 9.95. The van der Waals surface area contributed by atoms with Gasteiger partial charge in [-0.3, -0.25) is 0 Å². The molecule has 0 aliphatic carbocycles. The quantitative estimate of drug-likeness (QED) is 0.426. The van der Waals surface area contributed by atoms with Gasteiger partial charge in [0.25, 0.3) is 0 Å². The number of hydrogen-bond acceptors (Lipinski definition) is 2. The van der Waals surface area contributed by atoms with E-state index in [2.05, 4.69) is 77.9 Å². The number of methoxy groups -OCH3 is 1. The van der Waals surface area contributed by atoms with Crippen molar-refractivity contribution in [1.82, 2.24) is 4.31 Å². The van der Waals surface area contributed by atoms with Crippen LogP contribution in [0.15, 0.2) is 48.5 Å². The number of benzene rings is 2. The van der Waals surface area contributed by atoms with E-state index in [-0.39, 0.29) is 21.1 Å². The highest BCUT2D eigenvalue weighted by molar-refractivity contribution is 7.84. The zero-order chi connectivity index (χ0) is 24.5. The first-order valence-electron chi connectivity index (χ1n) is 11.3. The van der Waals surface area contributed by atoms with E-state index in [1.807, 2.05) is 44.3 Å². The van der Waals surface area contributed by atoms with Crippen LogP contribution in [0.2, 0.25) is 0 Å². The first kappa shape index (κ1) is 27.0. The van der Waals surface area contributed by atoms with Gasteiger partial charge < -0.3 is 4.74 Å². The molecule has 0 bridgehead atoms. The van der Waals surface area contributed by atoms with Crippen LogP contribution in [0.25, 0.3) is 0 Å². The van der Waals surface area contributed by atoms with Crippen LogP contribution < -0.4 is 10.0 Å². The van der Waals surface area contributed by atoms with Crippen molar-refractivity contribution >= 4 is 24.2 Å². The minimum Gasteiger partial charge on any atom is -0.497 e. The third-order valence-corrected chi connectivity index (χ3v) is 10.7. The van der Waals surface area contributed by atoms with E-state index in [9.17, 15) is 4.21 Å². The molecule has 2 aromatic rings. The Hall–Kier alpha value is -1.22. The largest absolute Gasteiger partial charge is 0.497 e. The summed E-state index contributed by atoms with van der Waals surface area (Å²) in [6.45, 7) is 20.2. The number of rotatable bonds is 6. The predicted octanol–water partition coefficient (Wildman–Crippen LogP) is 6.88. The van der Waals surface area contributed by atoms with E-state index in [4.69, 9.17) is 4.74 Å². The molecule has 32 heavy (non-hydrogen) atoms. The van der Waals surface area contributed by atoms with Crippen LogP contribution in [-0.2, 0) is 11.0 Å². The number of hydrogen-bond donors (Lipinski definition) is 0. The summed E-state index contributed by atoms with van der Waals surface area (Å²) in [5.74, 6) is 0.826. The summed E-state index contributed by atoms with van der Waals surface area (Å²) in [5.41, 5.74) is 2.37. The van der Waals surface area contributed by atoms with Crippen LogP contribution >= 0.6 is 7.92 Å². The van der Waals surface area contributed by atoms with Gasteiger partial charge in [-0.25, -0.2) is 8.51 Å². The minimum atomic E-state index is -1.17. The maximum Gasteiger partial charge on any atom is 0.118 e. The lowest BCUT2D eigenvalue weighted by molar-refractivity contribution is 0.413. The van der Waals surface area contributed by atoms with Gasteiger partial charge in [-0.05, 0) is 59.6 Å². The molecule has 0 N–H and O–H groups in total. The highest BCUT2D eigenvalue weighted by Crippen LogP contribution is 2.59. The molecular formula is C27H42NO2PS. The minimum absolute atomic E-state index is 0.119. The third-order valence-electron chi connectivity index (χ3n) is 5.39. The highest BCUT2D eigenvalue weighted by atomic mass is 32.2. The molecule has 2 atom stereocenters. The van der Waals surface area contributed by atoms with Crippen molar-refractivity contribution in [2.24, 2.45) is 0 Å². The lowest BCUT2D eigenvalue weighted by Crippen LogP contribution is -2.40. The van der Waals surface area contributed by atoms with Crippen LogP contribution in [-0.4, -0.2) is 37.7 Å². The molecule has 3 nitrogen and oxygen atoms in total. The van der Waals surface area contributed by atoms with Gasteiger partial charge in [0.2, 0.25) is 0 Å². The third kappa shape index (κ3) is 6.22. The van der Waals surface area contributed by atoms with E-state index in [0.717, 1.165) is 11.3 Å². The van der Waals surface area contributed by atoms with Gasteiger partial charge >= 0.3 is 0 Å². The molecule has 0 fully saturated rings. The number of ether oxygens (including phenoxy) is 1. The van der Waals surface area contributed by atoms with E-state index >= 15 is 0 Å². The molecule has 0 aliphatic heterocycles. The van der Waals surface area contributed by atoms with Crippen LogP contribution in [0.3, 0.4) is 0 Å². The van der Waals surface area contributed by atoms with Gasteiger partial charge in [-0.2, -0.15) is 0 Å². The summed E-state index contributed by atoms with van der Waals surface area (Å²) in [6, 6.07) is 16.9. The second-order valence-corrected chi connectivity index (χ2v) is 17.5. The lowest BCUT2D eigenvalue weighted by atomic mass is 9.98. The molecule has 0 spiro atoms. The van der Waals surface area contributed by atoms with Crippen molar-refractivity contribution in [3.63, 3.8) is 0 Å². The van der Waals surface area contributed by atoms with Crippen molar-refractivity contribution in [1.29, 1.82) is 0 Å². The van der Waals surface area contributed by atoms with Gasteiger partial charge in [-0.1, -0.05) is 85.9 Å². The molecule has 0 amide bonds. The second-order valence-electron chi connectivity index (χ2n) is 11.3. The Morgan fingerprint density at radius 2 is 1.34 bits per heavy atom. The van der Waals surface area contributed by atoms with Crippen LogP contribution in [0, 0.1) is 0 Å². The fraction of sp³-hybridized carbons (Fsp3) is 0.556. The molecule has 2 rings (SSSR count). The molecule has 0 saturated carbocycles. The first-order chi connectivity index (χ1) is 14.6. The molecule has 5 heteroatoms. The Morgan fingerprint density at radius 1 is 0.844 bits per heavy atom. The van der Waals surface area contributed by atoms with Gasteiger partial charge in [0.15, 0.2) is 0 Å². The van der Waals surface area contributed by atoms with Gasteiger partial charge in [-0.15, -0.1) is 0 Å². The molecule has 0 aromatic heterocycles. The van der Waals surface area contributed by atoms with E-state index in [1.54, 1.807) is 7.11 Å². The van der Waals surface area contributed by atoms with Crippen LogP contribution in [0.1, 0.15) is 79.5 Å². The van der Waals surface area contributed by atoms with Crippen LogP contribution in [0.5, 0.6) is 5.75 Å². The normalized spacial score (nSPS) is 15.2. The van der Waals surface area contributed by atoms with Crippen molar-refractivity contribution in [3.8, 4) is 5.75 Å². The first-order valence-corrected chi connectivity index (χ1v) is 13.7. The van der Waals surface area contributed by atoms with E-state index < -0.39 is 18.9 Å². The zero-order valence-corrected chi connectivity index (χ0v) is 23.5. The molecule has 2 aromatic carbocycles. The Bertz CT molecular complexity index is 906. The predicted molar refractivity (Wildman–Crippen MR) is 143 cm³/mol. The maximum atomic E-state index is 13.6. The summed E-state index contributed by atoms with van der Waals surface area (Å²) in [6.07, 6.45) is 0. The van der Waals surface area contributed by atoms with Crippen molar-refractivity contribution < 1.29 is 8.95 Å². The zero-order valence-electron chi connectivity index (χ0n) is 21.8. The summed E-state index contributed by atoms with van der Waals surface area (Å²) < 4.78 is 20.7. The van der Waals surface area contributed by atoms with Gasteiger partial charge in [0, 0.05) is 7.05 Å². The van der Waals surface area contributed by atoms with Crippen molar-refractivity contribution in [2.75, 3.05) is 14.2 Å². The Morgan fingerprint density at radius 3 is 1.78 bits per heavy atom. The fourth-order valence-corrected chi connectivity index (χ4v) is 9.99. The Labute approximate surface area is 200 Å². The summed E-state index contributed by atoms with van der Waals surface area (Å²) in [4.78, 5) is 0. The molecule has 0 radical (unpaired) electrons. The molecule has 0 heterocycles. The van der Waals surface area contributed by atoms with E-state index in [0.29, 0.717) is 0 Å². The average Bonchev–Trinajstić information content (AvgIpc) is 2.66. The van der Waals surface area contributed by atoms with Crippen LogP contribution in [0.4, 0.5) is 0 Å². The average molecular weight is 476 g/mol. The molecule has 0 saturated heterocycles. The summed E-state index contributed by atoms with van der Waals surface area (Å²) in [7, 11) is 1.98. The summed E-state index contributed by atoms with van der Waals surface area (Å²) in [5, 5.41) is 1.66. The monoisotopic (exact) mass is 475 g/mol. The smallest absolute Gasteiger partial charge is 0.118 e.